The SMILES string of the molecule is COc1ccc(C2CCCN2C(=O)CCSc2ccccc2)cc1OC. The third-order valence-electron chi connectivity index (χ3n) is 4.69. The van der Waals surface area contributed by atoms with E-state index in [0.717, 1.165) is 30.7 Å². The molecule has 0 aromatic heterocycles. The zero-order valence-corrected chi connectivity index (χ0v) is 16.1. The van der Waals surface area contributed by atoms with Crippen molar-refractivity contribution in [2.45, 2.75) is 30.2 Å². The highest BCUT2D eigenvalue weighted by Crippen LogP contribution is 2.37. The lowest BCUT2D eigenvalue weighted by Crippen LogP contribution is -2.30. The Labute approximate surface area is 159 Å². The average molecular weight is 372 g/mol. The molecule has 1 fully saturated rings. The largest absolute Gasteiger partial charge is 0.493 e. The van der Waals surface area contributed by atoms with E-state index in [4.69, 9.17) is 9.47 Å². The molecule has 1 unspecified atom stereocenters. The molecular formula is C21H25NO3S. The Bertz CT molecular complexity index is 735. The number of ether oxygens (including phenoxy) is 2. The quantitative estimate of drug-likeness (QED) is 0.669. The number of hydrogen-bond acceptors (Lipinski definition) is 4. The van der Waals surface area contributed by atoms with Gasteiger partial charge in [0.15, 0.2) is 11.5 Å². The minimum absolute atomic E-state index is 0.129. The number of carbonyl (C=O) groups excluding carboxylic acids is 1. The van der Waals surface area contributed by atoms with Gasteiger partial charge in [0.05, 0.1) is 20.3 Å². The summed E-state index contributed by atoms with van der Waals surface area (Å²) < 4.78 is 10.7. The van der Waals surface area contributed by atoms with Crippen LogP contribution in [0.2, 0.25) is 0 Å². The monoisotopic (exact) mass is 371 g/mol. The van der Waals surface area contributed by atoms with E-state index in [2.05, 4.69) is 12.1 Å². The molecule has 0 N–H and O–H groups in total. The number of nitrogens with zero attached hydrogens (tertiary/aromatic N) is 1. The first-order valence-corrected chi connectivity index (χ1v) is 9.90. The van der Waals surface area contributed by atoms with E-state index in [1.165, 1.54) is 4.90 Å². The predicted octanol–water partition coefficient (Wildman–Crippen LogP) is 4.55. The maximum absolute atomic E-state index is 12.8. The van der Waals surface area contributed by atoms with Crippen molar-refractivity contribution >= 4 is 17.7 Å². The smallest absolute Gasteiger partial charge is 0.223 e. The minimum atomic E-state index is 0.129. The first-order valence-electron chi connectivity index (χ1n) is 8.92. The first kappa shape index (κ1) is 18.6. The van der Waals surface area contributed by atoms with Crippen LogP contribution < -0.4 is 9.47 Å². The van der Waals surface area contributed by atoms with Crippen molar-refractivity contribution in [1.82, 2.24) is 4.90 Å². The highest BCUT2D eigenvalue weighted by Gasteiger charge is 2.30. The van der Waals surface area contributed by atoms with Crippen LogP contribution in [0.3, 0.4) is 0 Å². The van der Waals surface area contributed by atoms with Crippen LogP contribution in [0.25, 0.3) is 0 Å². The summed E-state index contributed by atoms with van der Waals surface area (Å²) in [6, 6.07) is 16.3. The Morgan fingerprint density at radius 1 is 1.12 bits per heavy atom. The average Bonchev–Trinajstić information content (AvgIpc) is 3.18. The van der Waals surface area contributed by atoms with E-state index in [1.807, 2.05) is 41.3 Å². The molecule has 1 aliphatic rings. The Balaban J connectivity index is 1.63. The van der Waals surface area contributed by atoms with Gasteiger partial charge in [0, 0.05) is 23.6 Å². The maximum atomic E-state index is 12.8. The van der Waals surface area contributed by atoms with Gasteiger partial charge >= 0.3 is 0 Å². The maximum Gasteiger partial charge on any atom is 0.223 e. The van der Waals surface area contributed by atoms with E-state index < -0.39 is 0 Å². The molecule has 1 aliphatic heterocycles. The number of amides is 1. The zero-order chi connectivity index (χ0) is 18.4. The van der Waals surface area contributed by atoms with E-state index in [-0.39, 0.29) is 11.9 Å². The molecule has 3 rings (SSSR count). The van der Waals surface area contributed by atoms with Gasteiger partial charge in [-0.05, 0) is 42.7 Å². The number of methoxy groups -OCH3 is 2. The van der Waals surface area contributed by atoms with Crippen LogP contribution in [0.4, 0.5) is 0 Å². The van der Waals surface area contributed by atoms with Crippen molar-refractivity contribution in [2.24, 2.45) is 0 Å². The van der Waals surface area contributed by atoms with Gasteiger partial charge in [0.2, 0.25) is 5.91 Å². The lowest BCUT2D eigenvalue weighted by atomic mass is 10.0. The number of benzene rings is 2. The zero-order valence-electron chi connectivity index (χ0n) is 15.3. The summed E-state index contributed by atoms with van der Waals surface area (Å²) in [5.74, 6) is 2.46. The van der Waals surface area contributed by atoms with Crippen LogP contribution in [0.1, 0.15) is 30.9 Å². The standard InChI is InChI=1S/C21H25NO3S/c1-24-19-11-10-16(15-20(19)25-2)18-9-6-13-22(18)21(23)12-14-26-17-7-4-3-5-8-17/h3-5,7-8,10-11,15,18H,6,9,12-14H2,1-2H3. The van der Waals surface area contributed by atoms with E-state index in [9.17, 15) is 4.79 Å². The van der Waals surface area contributed by atoms with Gasteiger partial charge in [-0.3, -0.25) is 4.79 Å². The van der Waals surface area contributed by atoms with Crippen LogP contribution >= 0.6 is 11.8 Å². The number of likely N-dealkylation sites (tertiary alicyclic amines) is 1. The highest BCUT2D eigenvalue weighted by molar-refractivity contribution is 7.99. The fourth-order valence-corrected chi connectivity index (χ4v) is 4.25. The second-order valence-electron chi connectivity index (χ2n) is 6.27. The number of carbonyl (C=O) groups is 1. The van der Waals surface area contributed by atoms with Gasteiger partial charge < -0.3 is 14.4 Å². The Morgan fingerprint density at radius 3 is 2.62 bits per heavy atom. The van der Waals surface area contributed by atoms with Gasteiger partial charge in [0.1, 0.15) is 0 Å². The fraction of sp³-hybridized carbons (Fsp3) is 0.381. The van der Waals surface area contributed by atoms with Crippen LogP contribution in [-0.4, -0.2) is 37.3 Å². The number of thioether (sulfide) groups is 1. The Hall–Kier alpha value is -2.14. The highest BCUT2D eigenvalue weighted by atomic mass is 32.2. The second kappa shape index (κ2) is 8.99. The number of rotatable bonds is 7. The van der Waals surface area contributed by atoms with Crippen molar-refractivity contribution in [3.05, 3.63) is 54.1 Å². The molecule has 0 radical (unpaired) electrons. The van der Waals surface area contributed by atoms with Crippen molar-refractivity contribution in [2.75, 3.05) is 26.5 Å². The van der Waals surface area contributed by atoms with Gasteiger partial charge in [-0.2, -0.15) is 0 Å². The summed E-state index contributed by atoms with van der Waals surface area (Å²) in [4.78, 5) is 16.0. The summed E-state index contributed by atoms with van der Waals surface area (Å²) in [5, 5.41) is 0. The molecule has 5 heteroatoms. The molecule has 0 saturated carbocycles. The molecule has 0 bridgehead atoms. The third-order valence-corrected chi connectivity index (χ3v) is 5.71. The summed E-state index contributed by atoms with van der Waals surface area (Å²) in [7, 11) is 3.27. The van der Waals surface area contributed by atoms with E-state index >= 15 is 0 Å². The van der Waals surface area contributed by atoms with Crippen LogP contribution in [0, 0.1) is 0 Å². The molecule has 2 aromatic rings. The minimum Gasteiger partial charge on any atom is -0.493 e. The molecule has 0 spiro atoms. The van der Waals surface area contributed by atoms with Gasteiger partial charge in [-0.1, -0.05) is 24.3 Å². The molecule has 26 heavy (non-hydrogen) atoms. The Morgan fingerprint density at radius 2 is 1.88 bits per heavy atom. The number of hydrogen-bond donors (Lipinski definition) is 0. The summed E-state index contributed by atoms with van der Waals surface area (Å²) in [5.41, 5.74) is 1.12. The molecule has 0 aliphatic carbocycles. The van der Waals surface area contributed by atoms with Gasteiger partial charge in [-0.15, -0.1) is 11.8 Å². The van der Waals surface area contributed by atoms with Crippen molar-refractivity contribution in [3.63, 3.8) is 0 Å². The lowest BCUT2D eigenvalue weighted by molar-refractivity contribution is -0.131. The lowest BCUT2D eigenvalue weighted by Gasteiger charge is -2.26. The normalized spacial score (nSPS) is 16.5. The topological polar surface area (TPSA) is 38.8 Å². The molecule has 1 atom stereocenters. The van der Waals surface area contributed by atoms with Crippen molar-refractivity contribution in [1.29, 1.82) is 0 Å². The summed E-state index contributed by atoms with van der Waals surface area (Å²) >= 11 is 1.73. The van der Waals surface area contributed by atoms with Gasteiger partial charge in [0.25, 0.3) is 0 Å². The summed E-state index contributed by atoms with van der Waals surface area (Å²) in [6.45, 7) is 0.827. The molecule has 138 valence electrons. The van der Waals surface area contributed by atoms with Crippen LogP contribution in [0.5, 0.6) is 11.5 Å². The first-order chi connectivity index (χ1) is 12.7. The van der Waals surface area contributed by atoms with Crippen molar-refractivity contribution in [3.8, 4) is 11.5 Å². The predicted molar refractivity (Wildman–Crippen MR) is 105 cm³/mol. The van der Waals surface area contributed by atoms with E-state index in [1.54, 1.807) is 26.0 Å². The Kier molecular flexibility index (Phi) is 6.45. The van der Waals surface area contributed by atoms with Crippen LogP contribution in [0.15, 0.2) is 53.4 Å². The van der Waals surface area contributed by atoms with Crippen molar-refractivity contribution < 1.29 is 14.3 Å². The van der Waals surface area contributed by atoms with Gasteiger partial charge in [-0.25, -0.2) is 0 Å². The third kappa shape index (κ3) is 4.33. The molecular weight excluding hydrogens is 346 g/mol. The summed E-state index contributed by atoms with van der Waals surface area (Å²) in [6.07, 6.45) is 2.59. The fourth-order valence-electron chi connectivity index (χ4n) is 3.39. The molecule has 1 heterocycles. The van der Waals surface area contributed by atoms with Crippen LogP contribution in [-0.2, 0) is 4.79 Å². The molecule has 1 saturated heterocycles. The van der Waals surface area contributed by atoms with E-state index in [0.29, 0.717) is 17.9 Å². The molecule has 1 amide bonds. The molecule has 4 nitrogen and oxygen atoms in total. The second-order valence-corrected chi connectivity index (χ2v) is 7.44. The molecule has 2 aromatic carbocycles.